The van der Waals surface area contributed by atoms with E-state index >= 15 is 0 Å². The van der Waals surface area contributed by atoms with Crippen LogP contribution >= 0.6 is 0 Å². The Balaban J connectivity index is 1.76. The summed E-state index contributed by atoms with van der Waals surface area (Å²) in [7, 11) is 0. The van der Waals surface area contributed by atoms with Crippen LogP contribution in [0.4, 0.5) is 0 Å². The molecule has 0 aromatic carbocycles. The zero-order valence-corrected chi connectivity index (χ0v) is 10.7. The molecule has 2 rings (SSSR count). The highest BCUT2D eigenvalue weighted by atomic mass is 16.5. The average Bonchev–Trinajstić information content (AvgIpc) is 2.83. The Hall–Kier alpha value is -0.840. The van der Waals surface area contributed by atoms with Gasteiger partial charge >= 0.3 is 0 Å². The molecule has 4 heteroatoms. The van der Waals surface area contributed by atoms with Crippen LogP contribution in [0, 0.1) is 0 Å². The van der Waals surface area contributed by atoms with Crippen molar-refractivity contribution >= 4 is 0 Å². The smallest absolute Gasteiger partial charge is 0.0947 e. The lowest BCUT2D eigenvalue weighted by molar-refractivity contribution is -0.00967. The van der Waals surface area contributed by atoms with Gasteiger partial charge in [-0.05, 0) is 19.9 Å². The Bertz CT molecular complexity index is 316. The molecule has 0 aliphatic carbocycles. The maximum absolute atomic E-state index is 5.38. The van der Waals surface area contributed by atoms with Gasteiger partial charge in [-0.2, -0.15) is 0 Å². The summed E-state index contributed by atoms with van der Waals surface area (Å²) in [6, 6.07) is 1.99. The molecular weight excluding hydrogens is 216 g/mol. The fourth-order valence-electron chi connectivity index (χ4n) is 2.19. The first kappa shape index (κ1) is 12.6. The molecule has 4 nitrogen and oxygen atoms in total. The molecule has 96 valence electrons. The van der Waals surface area contributed by atoms with Crippen LogP contribution in [-0.2, 0) is 11.3 Å². The quantitative estimate of drug-likeness (QED) is 0.843. The minimum Gasteiger partial charge on any atom is -0.472 e. The number of hydrogen-bond acceptors (Lipinski definition) is 4. The highest BCUT2D eigenvalue weighted by molar-refractivity contribution is 5.04. The number of ether oxygens (including phenoxy) is 1. The average molecular weight is 238 g/mol. The third kappa shape index (κ3) is 3.56. The highest BCUT2D eigenvalue weighted by Gasteiger charge is 2.27. The normalized spacial score (nSPS) is 18.5. The molecule has 0 bridgehead atoms. The van der Waals surface area contributed by atoms with E-state index in [1.807, 2.05) is 6.07 Å². The Kier molecular flexibility index (Phi) is 4.20. The van der Waals surface area contributed by atoms with Crippen molar-refractivity contribution in [2.24, 2.45) is 0 Å². The van der Waals surface area contributed by atoms with Gasteiger partial charge in [0.1, 0.15) is 0 Å². The Morgan fingerprint density at radius 2 is 2.12 bits per heavy atom. The van der Waals surface area contributed by atoms with E-state index in [0.717, 1.165) is 39.4 Å². The summed E-state index contributed by atoms with van der Waals surface area (Å²) < 4.78 is 10.4. The highest BCUT2D eigenvalue weighted by Crippen LogP contribution is 2.15. The van der Waals surface area contributed by atoms with E-state index in [2.05, 4.69) is 24.1 Å². The fraction of sp³-hybridized carbons (Fsp3) is 0.692. The number of nitrogens with one attached hydrogen (secondary N) is 1. The van der Waals surface area contributed by atoms with Crippen LogP contribution in [-0.4, -0.2) is 43.3 Å². The van der Waals surface area contributed by atoms with Crippen LogP contribution in [0.2, 0.25) is 0 Å². The third-order valence-electron chi connectivity index (χ3n) is 3.33. The van der Waals surface area contributed by atoms with Crippen LogP contribution in [0.5, 0.6) is 0 Å². The summed E-state index contributed by atoms with van der Waals surface area (Å²) in [5, 5.41) is 3.48. The largest absolute Gasteiger partial charge is 0.472 e. The molecule has 0 saturated carbocycles. The lowest BCUT2D eigenvalue weighted by Crippen LogP contribution is -2.54. The second kappa shape index (κ2) is 5.67. The zero-order valence-electron chi connectivity index (χ0n) is 10.7. The molecule has 0 amide bonds. The molecule has 2 heterocycles. The maximum atomic E-state index is 5.38. The van der Waals surface area contributed by atoms with Crippen LogP contribution < -0.4 is 5.32 Å². The second-order valence-electron chi connectivity index (χ2n) is 5.15. The summed E-state index contributed by atoms with van der Waals surface area (Å²) >= 11 is 0. The van der Waals surface area contributed by atoms with Crippen molar-refractivity contribution in [3.8, 4) is 0 Å². The molecule has 1 N–H and O–H groups in total. The van der Waals surface area contributed by atoms with Gasteiger partial charge in [0.2, 0.25) is 0 Å². The van der Waals surface area contributed by atoms with Gasteiger partial charge in [-0.25, -0.2) is 0 Å². The standard InChI is InChI=1S/C13H22N2O2/c1-13(2,15-4-7-16-8-5-15)11-14-9-12-3-6-17-10-12/h3,6,10,14H,4-5,7-9,11H2,1-2H3. The van der Waals surface area contributed by atoms with Gasteiger partial charge in [-0.1, -0.05) is 0 Å². The van der Waals surface area contributed by atoms with Gasteiger partial charge < -0.3 is 14.5 Å². The minimum atomic E-state index is 0.174. The first-order valence-electron chi connectivity index (χ1n) is 6.23. The molecule has 0 radical (unpaired) electrons. The lowest BCUT2D eigenvalue weighted by Gasteiger charge is -2.41. The van der Waals surface area contributed by atoms with E-state index in [-0.39, 0.29) is 5.54 Å². The molecule has 1 aromatic rings. The van der Waals surface area contributed by atoms with Crippen LogP contribution in [0.3, 0.4) is 0 Å². The minimum absolute atomic E-state index is 0.174. The number of nitrogens with zero attached hydrogens (tertiary/aromatic N) is 1. The molecule has 1 fully saturated rings. The van der Waals surface area contributed by atoms with E-state index < -0.39 is 0 Å². The van der Waals surface area contributed by atoms with Gasteiger partial charge in [-0.15, -0.1) is 0 Å². The summed E-state index contributed by atoms with van der Waals surface area (Å²) in [5.74, 6) is 0. The summed E-state index contributed by atoms with van der Waals surface area (Å²) in [4.78, 5) is 2.48. The Morgan fingerprint density at radius 3 is 2.76 bits per heavy atom. The molecule has 1 aliphatic rings. The van der Waals surface area contributed by atoms with Gasteiger partial charge in [0.05, 0.1) is 25.7 Å². The van der Waals surface area contributed by atoms with Gasteiger partial charge in [0.15, 0.2) is 0 Å². The van der Waals surface area contributed by atoms with Crippen molar-refractivity contribution in [2.45, 2.75) is 25.9 Å². The molecule has 0 spiro atoms. The molecule has 0 unspecified atom stereocenters. The van der Waals surface area contributed by atoms with Gasteiger partial charge in [0.25, 0.3) is 0 Å². The molecule has 0 atom stereocenters. The first-order valence-corrected chi connectivity index (χ1v) is 6.23. The predicted molar refractivity (Wildman–Crippen MR) is 66.9 cm³/mol. The van der Waals surface area contributed by atoms with Crippen LogP contribution in [0.25, 0.3) is 0 Å². The topological polar surface area (TPSA) is 37.6 Å². The van der Waals surface area contributed by atoms with E-state index in [4.69, 9.17) is 9.15 Å². The second-order valence-corrected chi connectivity index (χ2v) is 5.15. The number of morpholine rings is 1. The molecule has 17 heavy (non-hydrogen) atoms. The molecule has 1 aromatic heterocycles. The van der Waals surface area contributed by atoms with Crippen molar-refractivity contribution in [3.63, 3.8) is 0 Å². The van der Waals surface area contributed by atoms with Crippen molar-refractivity contribution in [1.29, 1.82) is 0 Å². The number of furan rings is 1. The first-order chi connectivity index (χ1) is 8.18. The number of hydrogen-bond donors (Lipinski definition) is 1. The van der Waals surface area contributed by atoms with Crippen molar-refractivity contribution < 1.29 is 9.15 Å². The van der Waals surface area contributed by atoms with Gasteiger partial charge in [-0.3, -0.25) is 4.90 Å². The van der Waals surface area contributed by atoms with E-state index in [1.54, 1.807) is 12.5 Å². The Morgan fingerprint density at radius 1 is 1.35 bits per heavy atom. The third-order valence-corrected chi connectivity index (χ3v) is 3.33. The van der Waals surface area contributed by atoms with Crippen LogP contribution in [0.15, 0.2) is 23.0 Å². The molecule has 1 aliphatic heterocycles. The van der Waals surface area contributed by atoms with E-state index in [1.165, 1.54) is 5.56 Å². The van der Waals surface area contributed by atoms with E-state index in [0.29, 0.717) is 0 Å². The summed E-state index contributed by atoms with van der Waals surface area (Å²) in [6.45, 7) is 10.2. The van der Waals surface area contributed by atoms with Crippen molar-refractivity contribution in [2.75, 3.05) is 32.8 Å². The zero-order chi connectivity index (χ0) is 12.1. The van der Waals surface area contributed by atoms with Gasteiger partial charge in [0, 0.05) is 37.3 Å². The summed E-state index contributed by atoms with van der Waals surface area (Å²) in [6.07, 6.45) is 3.50. The maximum Gasteiger partial charge on any atom is 0.0947 e. The predicted octanol–water partition coefficient (Wildman–Crippen LogP) is 1.48. The lowest BCUT2D eigenvalue weighted by atomic mass is 10.0. The van der Waals surface area contributed by atoms with E-state index in [9.17, 15) is 0 Å². The summed E-state index contributed by atoms with van der Waals surface area (Å²) in [5.41, 5.74) is 1.37. The monoisotopic (exact) mass is 238 g/mol. The van der Waals surface area contributed by atoms with Crippen molar-refractivity contribution in [1.82, 2.24) is 10.2 Å². The molecular formula is C13H22N2O2. The van der Waals surface area contributed by atoms with Crippen LogP contribution in [0.1, 0.15) is 19.4 Å². The SMILES string of the molecule is CC(C)(CNCc1ccoc1)N1CCOCC1. The number of rotatable bonds is 5. The fourth-order valence-corrected chi connectivity index (χ4v) is 2.19. The van der Waals surface area contributed by atoms with Crippen molar-refractivity contribution in [3.05, 3.63) is 24.2 Å². The molecule has 1 saturated heterocycles. The Labute approximate surface area is 103 Å².